The van der Waals surface area contributed by atoms with Crippen LogP contribution in [-0.2, 0) is 11.0 Å². The highest BCUT2D eigenvalue weighted by molar-refractivity contribution is 7.84. The van der Waals surface area contributed by atoms with Crippen molar-refractivity contribution >= 4 is 16.7 Å². The summed E-state index contributed by atoms with van der Waals surface area (Å²) in [6, 6.07) is 27.7. The fourth-order valence-electron chi connectivity index (χ4n) is 4.61. The predicted octanol–water partition coefficient (Wildman–Crippen LogP) is 7.32. The fourth-order valence-corrected chi connectivity index (χ4v) is 5.45. The number of aliphatic imine (C=N–C) groups is 1. The van der Waals surface area contributed by atoms with Crippen molar-refractivity contribution in [2.75, 3.05) is 0 Å². The number of hydrogen-bond donors (Lipinski definition) is 1. The van der Waals surface area contributed by atoms with Gasteiger partial charge in [-0.05, 0) is 67.3 Å². The van der Waals surface area contributed by atoms with Gasteiger partial charge in [-0.3, -0.25) is 4.99 Å². The first kappa shape index (κ1) is 25.2. The van der Waals surface area contributed by atoms with E-state index in [-0.39, 0.29) is 0 Å². The van der Waals surface area contributed by atoms with Gasteiger partial charge in [0.15, 0.2) is 0 Å². The average molecular weight is 515 g/mol. The SMILES string of the molecule is CC(C)(C)[S@](=O)N[C@@H]1c2ccc(F)cc2-c2cc(F)ccc2[C@H]1N=C(c1ccccc1)c1ccccc1. The highest BCUT2D eigenvalue weighted by Gasteiger charge is 2.37. The molecule has 0 radical (unpaired) electrons. The number of rotatable bonds is 5. The summed E-state index contributed by atoms with van der Waals surface area (Å²) in [5.41, 5.74) is 5.25. The van der Waals surface area contributed by atoms with E-state index in [1.807, 2.05) is 81.4 Å². The van der Waals surface area contributed by atoms with Crippen molar-refractivity contribution in [3.05, 3.63) is 131 Å². The Hall–Kier alpha value is -3.48. The molecular formula is C31H28F2N2OS. The van der Waals surface area contributed by atoms with Crippen LogP contribution in [0.3, 0.4) is 0 Å². The number of nitrogens with zero attached hydrogens (tertiary/aromatic N) is 1. The minimum atomic E-state index is -1.44. The Balaban J connectivity index is 1.77. The van der Waals surface area contributed by atoms with Crippen LogP contribution in [0.2, 0.25) is 0 Å². The molecule has 0 fully saturated rings. The molecule has 1 aliphatic rings. The fraction of sp³-hybridized carbons (Fsp3) is 0.194. The van der Waals surface area contributed by atoms with Gasteiger partial charge >= 0.3 is 0 Å². The van der Waals surface area contributed by atoms with Gasteiger partial charge in [0.1, 0.15) is 11.6 Å². The Bertz CT molecular complexity index is 1440. The molecule has 4 aromatic rings. The third-order valence-electron chi connectivity index (χ3n) is 6.44. The molecule has 6 heteroatoms. The zero-order valence-electron chi connectivity index (χ0n) is 20.9. The minimum Gasteiger partial charge on any atom is -0.274 e. The Morgan fingerprint density at radius 2 is 1.24 bits per heavy atom. The van der Waals surface area contributed by atoms with Crippen LogP contribution in [0.4, 0.5) is 8.78 Å². The Morgan fingerprint density at radius 1 is 0.757 bits per heavy atom. The Morgan fingerprint density at radius 3 is 1.76 bits per heavy atom. The summed E-state index contributed by atoms with van der Waals surface area (Å²) in [5.74, 6) is -0.825. The number of nitrogens with one attached hydrogen (secondary N) is 1. The lowest BCUT2D eigenvalue weighted by atomic mass is 9.79. The van der Waals surface area contributed by atoms with Crippen molar-refractivity contribution in [3.63, 3.8) is 0 Å². The third-order valence-corrected chi connectivity index (χ3v) is 8.02. The Kier molecular flexibility index (Phi) is 6.88. The van der Waals surface area contributed by atoms with E-state index in [2.05, 4.69) is 4.72 Å². The van der Waals surface area contributed by atoms with Gasteiger partial charge in [-0.25, -0.2) is 17.7 Å². The lowest BCUT2D eigenvalue weighted by molar-refractivity contribution is 0.515. The second-order valence-electron chi connectivity index (χ2n) is 10.1. The molecule has 3 nitrogen and oxygen atoms in total. The van der Waals surface area contributed by atoms with Crippen molar-refractivity contribution < 1.29 is 13.0 Å². The molecular weight excluding hydrogens is 486 g/mol. The number of hydrogen-bond acceptors (Lipinski definition) is 2. The zero-order chi connectivity index (χ0) is 26.2. The highest BCUT2D eigenvalue weighted by atomic mass is 32.2. The van der Waals surface area contributed by atoms with Gasteiger partial charge < -0.3 is 0 Å². The molecule has 37 heavy (non-hydrogen) atoms. The van der Waals surface area contributed by atoms with Crippen LogP contribution < -0.4 is 4.72 Å². The van der Waals surface area contributed by atoms with Gasteiger partial charge in [0, 0.05) is 11.1 Å². The van der Waals surface area contributed by atoms with Gasteiger partial charge in [-0.2, -0.15) is 0 Å². The molecule has 3 atom stereocenters. The molecule has 188 valence electrons. The third kappa shape index (κ3) is 5.17. The van der Waals surface area contributed by atoms with Crippen LogP contribution in [0.15, 0.2) is 102 Å². The quantitative estimate of drug-likeness (QED) is 0.279. The molecule has 1 N–H and O–H groups in total. The van der Waals surface area contributed by atoms with Crippen LogP contribution in [-0.4, -0.2) is 14.7 Å². The van der Waals surface area contributed by atoms with Crippen LogP contribution in [0.5, 0.6) is 0 Å². The van der Waals surface area contributed by atoms with Crippen LogP contribution >= 0.6 is 0 Å². The Labute approximate surface area is 218 Å². The van der Waals surface area contributed by atoms with E-state index in [4.69, 9.17) is 4.99 Å². The second kappa shape index (κ2) is 10.1. The molecule has 0 aliphatic heterocycles. The number of fused-ring (bicyclic) bond motifs is 3. The second-order valence-corrected chi connectivity index (χ2v) is 12.1. The highest BCUT2D eigenvalue weighted by Crippen LogP contribution is 2.47. The standard InChI is InChI=1S/C31H28F2N2OS/c1-31(2,3)37(36)35-30-25-17-15-23(33)19-27(25)26-18-22(32)14-16-24(26)29(30)34-28(20-10-6-4-7-11-20)21-12-8-5-9-13-21/h4-19,29-30,35H,1-3H3/t29-,30-,37+/m1/s1. The molecule has 0 unspecified atom stereocenters. The summed E-state index contributed by atoms with van der Waals surface area (Å²) in [6.07, 6.45) is 0. The van der Waals surface area contributed by atoms with E-state index in [0.717, 1.165) is 28.0 Å². The van der Waals surface area contributed by atoms with E-state index >= 15 is 0 Å². The first-order chi connectivity index (χ1) is 17.7. The molecule has 4 aromatic carbocycles. The average Bonchev–Trinajstić information content (AvgIpc) is 2.89. The maximum atomic E-state index is 14.5. The maximum Gasteiger partial charge on any atom is 0.123 e. The van der Waals surface area contributed by atoms with Crippen molar-refractivity contribution in [1.82, 2.24) is 4.72 Å². The lowest BCUT2D eigenvalue weighted by Crippen LogP contribution is -2.39. The summed E-state index contributed by atoms with van der Waals surface area (Å²) in [4.78, 5) is 5.29. The van der Waals surface area contributed by atoms with Gasteiger partial charge in [0.05, 0.1) is 33.5 Å². The maximum absolute atomic E-state index is 14.5. The molecule has 0 amide bonds. The zero-order valence-corrected chi connectivity index (χ0v) is 21.7. The predicted molar refractivity (Wildman–Crippen MR) is 147 cm³/mol. The van der Waals surface area contributed by atoms with Gasteiger partial charge in [-0.15, -0.1) is 0 Å². The summed E-state index contributed by atoms with van der Waals surface area (Å²) >= 11 is 0. The monoisotopic (exact) mass is 514 g/mol. The van der Waals surface area contributed by atoms with Crippen molar-refractivity contribution in [2.24, 2.45) is 4.99 Å². The van der Waals surface area contributed by atoms with E-state index in [1.54, 1.807) is 12.1 Å². The van der Waals surface area contributed by atoms with E-state index < -0.39 is 39.5 Å². The number of halogens is 2. The van der Waals surface area contributed by atoms with Gasteiger partial charge in [0.25, 0.3) is 0 Å². The van der Waals surface area contributed by atoms with Crippen LogP contribution in [0.1, 0.15) is 55.1 Å². The topological polar surface area (TPSA) is 41.5 Å². The molecule has 0 spiro atoms. The molecule has 0 bridgehead atoms. The van der Waals surface area contributed by atoms with Crippen molar-refractivity contribution in [1.29, 1.82) is 0 Å². The minimum absolute atomic E-state index is 0.410. The molecule has 0 aromatic heterocycles. The molecule has 0 heterocycles. The van der Waals surface area contributed by atoms with E-state index in [0.29, 0.717) is 11.1 Å². The van der Waals surface area contributed by atoms with E-state index in [1.165, 1.54) is 24.3 Å². The normalized spacial score (nSPS) is 17.4. The summed E-state index contributed by atoms with van der Waals surface area (Å²) < 4.78 is 45.0. The van der Waals surface area contributed by atoms with E-state index in [9.17, 15) is 13.0 Å². The van der Waals surface area contributed by atoms with Crippen LogP contribution in [0.25, 0.3) is 11.1 Å². The molecule has 5 rings (SSSR count). The first-order valence-electron chi connectivity index (χ1n) is 12.2. The number of benzene rings is 4. The summed E-state index contributed by atoms with van der Waals surface area (Å²) in [6.45, 7) is 5.68. The van der Waals surface area contributed by atoms with Gasteiger partial charge in [-0.1, -0.05) is 72.8 Å². The summed E-state index contributed by atoms with van der Waals surface area (Å²) in [5, 5.41) is 0. The largest absolute Gasteiger partial charge is 0.274 e. The van der Waals surface area contributed by atoms with Gasteiger partial charge in [0.2, 0.25) is 0 Å². The van der Waals surface area contributed by atoms with Crippen molar-refractivity contribution in [3.8, 4) is 11.1 Å². The molecule has 0 saturated heterocycles. The molecule has 0 saturated carbocycles. The van der Waals surface area contributed by atoms with Crippen molar-refractivity contribution in [2.45, 2.75) is 37.6 Å². The van der Waals surface area contributed by atoms with Crippen LogP contribution in [0, 0.1) is 11.6 Å². The summed E-state index contributed by atoms with van der Waals surface area (Å²) in [7, 11) is -1.44. The first-order valence-corrected chi connectivity index (χ1v) is 13.3. The lowest BCUT2D eigenvalue weighted by Gasteiger charge is -2.35. The molecule has 1 aliphatic carbocycles. The smallest absolute Gasteiger partial charge is 0.123 e.